The first-order valence-electron chi connectivity index (χ1n) is 7.91. The predicted octanol–water partition coefficient (Wildman–Crippen LogP) is 2.95. The molecule has 0 spiro atoms. The van der Waals surface area contributed by atoms with Gasteiger partial charge in [-0.15, -0.1) is 0 Å². The molecule has 0 aromatic carbocycles. The van der Waals surface area contributed by atoms with Crippen molar-refractivity contribution in [1.82, 2.24) is 10.6 Å². The Hall–Kier alpha value is -0.570. The van der Waals surface area contributed by atoms with Crippen LogP contribution in [0.15, 0.2) is 0 Å². The zero-order chi connectivity index (χ0) is 14.3. The van der Waals surface area contributed by atoms with Crippen molar-refractivity contribution in [2.24, 2.45) is 17.3 Å². The van der Waals surface area contributed by atoms with E-state index in [2.05, 4.69) is 31.4 Å². The van der Waals surface area contributed by atoms with E-state index in [1.165, 1.54) is 25.7 Å². The van der Waals surface area contributed by atoms with Gasteiger partial charge in [0.2, 0.25) is 5.91 Å². The van der Waals surface area contributed by atoms with Crippen LogP contribution >= 0.6 is 0 Å². The van der Waals surface area contributed by atoms with E-state index in [0.29, 0.717) is 11.8 Å². The molecule has 0 atom stereocenters. The summed E-state index contributed by atoms with van der Waals surface area (Å²) in [5.74, 6) is 1.86. The van der Waals surface area contributed by atoms with Crippen molar-refractivity contribution in [2.45, 2.75) is 59.8 Å². The zero-order valence-electron chi connectivity index (χ0n) is 13.2. The molecule has 1 rings (SSSR count). The van der Waals surface area contributed by atoms with Crippen LogP contribution in [0.3, 0.4) is 0 Å². The van der Waals surface area contributed by atoms with Gasteiger partial charge in [-0.3, -0.25) is 4.79 Å². The minimum atomic E-state index is 0.159. The van der Waals surface area contributed by atoms with Crippen LogP contribution in [0.1, 0.15) is 59.8 Å². The van der Waals surface area contributed by atoms with E-state index in [1.54, 1.807) is 0 Å². The van der Waals surface area contributed by atoms with Crippen molar-refractivity contribution in [3.63, 3.8) is 0 Å². The largest absolute Gasteiger partial charge is 0.356 e. The Balaban J connectivity index is 2.08. The third-order valence-electron chi connectivity index (χ3n) is 4.41. The molecule has 1 amide bonds. The third kappa shape index (κ3) is 6.42. The molecule has 3 heteroatoms. The summed E-state index contributed by atoms with van der Waals surface area (Å²) in [5, 5.41) is 6.26. The molecule has 2 N–H and O–H groups in total. The number of rotatable bonds is 6. The van der Waals surface area contributed by atoms with Gasteiger partial charge in [0.15, 0.2) is 0 Å². The summed E-state index contributed by atoms with van der Waals surface area (Å²) in [6.45, 7) is 11.7. The van der Waals surface area contributed by atoms with Crippen LogP contribution in [0.25, 0.3) is 0 Å². The van der Waals surface area contributed by atoms with E-state index in [-0.39, 0.29) is 5.91 Å². The summed E-state index contributed by atoms with van der Waals surface area (Å²) >= 11 is 0. The Kier molecular flexibility index (Phi) is 6.84. The molecule has 1 aliphatic rings. The van der Waals surface area contributed by atoms with E-state index < -0.39 is 0 Å². The first-order valence-corrected chi connectivity index (χ1v) is 7.91. The third-order valence-corrected chi connectivity index (χ3v) is 4.41. The van der Waals surface area contributed by atoms with E-state index >= 15 is 0 Å². The molecule has 112 valence electrons. The standard InChI is InChI=1S/C16H32N2O/c1-5-18-15(19)10-11-17-12-13-6-8-14(9-7-13)16(2,3)4/h13-14,17H,5-12H2,1-4H3,(H,18,19). The molecule has 1 fully saturated rings. The predicted molar refractivity (Wildman–Crippen MR) is 81.1 cm³/mol. The highest BCUT2D eigenvalue weighted by atomic mass is 16.1. The average molecular weight is 268 g/mol. The minimum Gasteiger partial charge on any atom is -0.356 e. The van der Waals surface area contributed by atoms with Gasteiger partial charge < -0.3 is 10.6 Å². The second-order valence-electron chi connectivity index (χ2n) is 6.99. The Morgan fingerprint density at radius 2 is 1.79 bits per heavy atom. The topological polar surface area (TPSA) is 41.1 Å². The minimum absolute atomic E-state index is 0.159. The number of nitrogens with one attached hydrogen (secondary N) is 2. The molecule has 19 heavy (non-hydrogen) atoms. The molecule has 0 unspecified atom stereocenters. The van der Waals surface area contributed by atoms with Crippen molar-refractivity contribution in [1.29, 1.82) is 0 Å². The van der Waals surface area contributed by atoms with Crippen LogP contribution in [0, 0.1) is 17.3 Å². The molecule has 3 nitrogen and oxygen atoms in total. The Morgan fingerprint density at radius 1 is 1.16 bits per heavy atom. The Labute approximate surface area is 118 Å². The highest BCUT2D eigenvalue weighted by Crippen LogP contribution is 2.39. The van der Waals surface area contributed by atoms with Crippen molar-refractivity contribution >= 4 is 5.91 Å². The van der Waals surface area contributed by atoms with Crippen LogP contribution in [-0.4, -0.2) is 25.5 Å². The monoisotopic (exact) mass is 268 g/mol. The van der Waals surface area contributed by atoms with Gasteiger partial charge in [-0.25, -0.2) is 0 Å². The van der Waals surface area contributed by atoms with Gasteiger partial charge in [0, 0.05) is 19.5 Å². The van der Waals surface area contributed by atoms with Crippen LogP contribution < -0.4 is 10.6 Å². The lowest BCUT2D eigenvalue weighted by molar-refractivity contribution is -0.120. The van der Waals surface area contributed by atoms with Crippen molar-refractivity contribution in [2.75, 3.05) is 19.6 Å². The fourth-order valence-corrected chi connectivity index (χ4v) is 3.03. The summed E-state index contributed by atoms with van der Waals surface area (Å²) < 4.78 is 0. The number of carbonyl (C=O) groups is 1. The van der Waals surface area contributed by atoms with Crippen molar-refractivity contribution < 1.29 is 4.79 Å². The quantitative estimate of drug-likeness (QED) is 0.727. The van der Waals surface area contributed by atoms with Crippen LogP contribution in [0.2, 0.25) is 0 Å². The normalized spacial score (nSPS) is 24.2. The second-order valence-corrected chi connectivity index (χ2v) is 6.99. The molecule has 0 aliphatic heterocycles. The second kappa shape index (κ2) is 7.88. The highest BCUT2D eigenvalue weighted by Gasteiger charge is 2.29. The van der Waals surface area contributed by atoms with Crippen LogP contribution in [0.5, 0.6) is 0 Å². The fourth-order valence-electron chi connectivity index (χ4n) is 3.03. The SMILES string of the molecule is CCNC(=O)CCNCC1CCC(C(C)(C)C)CC1. The van der Waals surface area contributed by atoms with Gasteiger partial charge in [-0.05, 0) is 56.4 Å². The van der Waals surface area contributed by atoms with Gasteiger partial charge in [0.1, 0.15) is 0 Å². The van der Waals surface area contributed by atoms with E-state index in [1.807, 2.05) is 6.92 Å². The highest BCUT2D eigenvalue weighted by molar-refractivity contribution is 5.75. The van der Waals surface area contributed by atoms with Gasteiger partial charge in [0.25, 0.3) is 0 Å². The number of hydrogen-bond donors (Lipinski definition) is 2. The van der Waals surface area contributed by atoms with Crippen LogP contribution in [0.4, 0.5) is 0 Å². The lowest BCUT2D eigenvalue weighted by Crippen LogP contribution is -2.32. The number of amides is 1. The molecular weight excluding hydrogens is 236 g/mol. The maximum Gasteiger partial charge on any atom is 0.221 e. The fraction of sp³-hybridized carbons (Fsp3) is 0.938. The van der Waals surface area contributed by atoms with E-state index in [4.69, 9.17) is 0 Å². The summed E-state index contributed by atoms with van der Waals surface area (Å²) in [7, 11) is 0. The first kappa shape index (κ1) is 16.5. The molecule has 1 saturated carbocycles. The first-order chi connectivity index (χ1) is 8.93. The smallest absolute Gasteiger partial charge is 0.221 e. The Bertz CT molecular complexity index is 262. The summed E-state index contributed by atoms with van der Waals surface area (Å²) in [6.07, 6.45) is 6.02. The molecule has 0 heterocycles. The van der Waals surface area contributed by atoms with Gasteiger partial charge in [-0.2, -0.15) is 0 Å². The molecule has 0 aromatic rings. The maximum absolute atomic E-state index is 11.3. The summed E-state index contributed by atoms with van der Waals surface area (Å²) in [6, 6.07) is 0. The molecule has 0 saturated heterocycles. The number of hydrogen-bond acceptors (Lipinski definition) is 2. The Morgan fingerprint density at radius 3 is 2.32 bits per heavy atom. The molecule has 0 radical (unpaired) electrons. The van der Waals surface area contributed by atoms with E-state index in [0.717, 1.165) is 31.5 Å². The van der Waals surface area contributed by atoms with Crippen molar-refractivity contribution in [3.8, 4) is 0 Å². The molecule has 1 aliphatic carbocycles. The lowest BCUT2D eigenvalue weighted by atomic mass is 9.70. The zero-order valence-corrected chi connectivity index (χ0v) is 13.2. The average Bonchev–Trinajstić information content (AvgIpc) is 2.34. The van der Waals surface area contributed by atoms with Crippen molar-refractivity contribution in [3.05, 3.63) is 0 Å². The molecule has 0 aromatic heterocycles. The number of carbonyl (C=O) groups excluding carboxylic acids is 1. The molecule has 0 bridgehead atoms. The maximum atomic E-state index is 11.3. The van der Waals surface area contributed by atoms with Gasteiger partial charge >= 0.3 is 0 Å². The van der Waals surface area contributed by atoms with Gasteiger partial charge in [0.05, 0.1) is 0 Å². The summed E-state index contributed by atoms with van der Waals surface area (Å²) in [5.41, 5.74) is 0.469. The van der Waals surface area contributed by atoms with Gasteiger partial charge in [-0.1, -0.05) is 20.8 Å². The van der Waals surface area contributed by atoms with E-state index in [9.17, 15) is 4.79 Å². The molecular formula is C16H32N2O. The van der Waals surface area contributed by atoms with Crippen LogP contribution in [-0.2, 0) is 4.79 Å². The summed E-state index contributed by atoms with van der Waals surface area (Å²) in [4.78, 5) is 11.3. The lowest BCUT2D eigenvalue weighted by Gasteiger charge is -2.37.